The Labute approximate surface area is 172 Å². The molecule has 1 heterocycles. The van der Waals surface area contributed by atoms with Crippen molar-refractivity contribution >= 4 is 0 Å². The highest BCUT2D eigenvalue weighted by Crippen LogP contribution is 2.48. The summed E-state index contributed by atoms with van der Waals surface area (Å²) in [6, 6.07) is 11.6. The predicted octanol–water partition coefficient (Wildman–Crippen LogP) is 6.86. The largest absolute Gasteiger partial charge is 0.241 e. The molecule has 1 aromatic carbocycles. The zero-order valence-electron chi connectivity index (χ0n) is 19.2. The maximum atomic E-state index is 4.70. The molecule has 1 aliphatic carbocycles. The number of benzene rings is 1. The van der Waals surface area contributed by atoms with E-state index in [9.17, 15) is 0 Å². The number of aromatic nitrogens is 2. The molecule has 1 aromatic heterocycles. The van der Waals surface area contributed by atoms with Gasteiger partial charge in [-0.1, -0.05) is 79.7 Å². The Hall–Kier alpha value is -1.70. The second-order valence-electron chi connectivity index (χ2n) is 11.5. The summed E-state index contributed by atoms with van der Waals surface area (Å²) in [6.07, 6.45) is 6.51. The van der Waals surface area contributed by atoms with E-state index in [1.807, 2.05) is 0 Å². The van der Waals surface area contributed by atoms with Gasteiger partial charge in [-0.3, -0.25) is 0 Å². The lowest BCUT2D eigenvalue weighted by Crippen LogP contribution is -2.37. The van der Waals surface area contributed by atoms with Crippen molar-refractivity contribution < 1.29 is 0 Å². The van der Waals surface area contributed by atoms with E-state index in [1.165, 1.54) is 42.5 Å². The Morgan fingerprint density at radius 3 is 1.75 bits per heavy atom. The lowest BCUT2D eigenvalue weighted by molar-refractivity contribution is 0.219. The summed E-state index contributed by atoms with van der Waals surface area (Å²) in [6.45, 7) is 18.3. The second kappa shape index (κ2) is 6.97. The summed E-state index contributed by atoms with van der Waals surface area (Å²) in [5.74, 6) is 0. The summed E-state index contributed by atoms with van der Waals surface area (Å²) < 4.78 is 0. The fraction of sp³-hybridized carbons (Fsp3) is 0.615. The second-order valence-corrected chi connectivity index (χ2v) is 11.5. The van der Waals surface area contributed by atoms with E-state index >= 15 is 0 Å². The van der Waals surface area contributed by atoms with Crippen LogP contribution in [0.4, 0.5) is 0 Å². The Balaban J connectivity index is 1.79. The van der Waals surface area contributed by atoms with Gasteiger partial charge in [0.2, 0.25) is 0 Å². The summed E-state index contributed by atoms with van der Waals surface area (Å²) in [5, 5.41) is 0. The molecule has 152 valence electrons. The molecule has 1 saturated carbocycles. The molecule has 2 aromatic rings. The van der Waals surface area contributed by atoms with Gasteiger partial charge in [0.15, 0.2) is 0 Å². The molecule has 0 N–H and O–H groups in total. The Morgan fingerprint density at radius 1 is 0.714 bits per heavy atom. The van der Waals surface area contributed by atoms with E-state index in [2.05, 4.69) is 90.7 Å². The maximum Gasteiger partial charge on any atom is 0.115 e. The van der Waals surface area contributed by atoms with Gasteiger partial charge in [-0.2, -0.15) is 0 Å². The van der Waals surface area contributed by atoms with Gasteiger partial charge in [0, 0.05) is 22.2 Å². The Bertz CT molecular complexity index is 811. The third-order valence-corrected chi connectivity index (χ3v) is 6.96. The number of nitrogens with zero attached hydrogens (tertiary/aromatic N) is 2. The molecule has 1 fully saturated rings. The summed E-state index contributed by atoms with van der Waals surface area (Å²) in [4.78, 5) is 9.23. The van der Waals surface area contributed by atoms with Gasteiger partial charge in [0.05, 0.1) is 0 Å². The molecule has 0 bridgehead atoms. The quantitative estimate of drug-likeness (QED) is 0.570. The molecular formula is C26H38N2. The van der Waals surface area contributed by atoms with E-state index in [0.29, 0.717) is 0 Å². The van der Waals surface area contributed by atoms with Crippen LogP contribution < -0.4 is 0 Å². The molecule has 3 rings (SSSR count). The van der Waals surface area contributed by atoms with Crippen LogP contribution in [0.3, 0.4) is 0 Å². The van der Waals surface area contributed by atoms with Crippen LogP contribution >= 0.6 is 0 Å². The zero-order chi connectivity index (χ0) is 20.8. The van der Waals surface area contributed by atoms with Gasteiger partial charge in [0.25, 0.3) is 0 Å². The monoisotopic (exact) mass is 378 g/mol. The van der Waals surface area contributed by atoms with E-state index in [1.54, 1.807) is 6.33 Å². The maximum absolute atomic E-state index is 4.70. The summed E-state index contributed by atoms with van der Waals surface area (Å²) >= 11 is 0. The van der Waals surface area contributed by atoms with Gasteiger partial charge >= 0.3 is 0 Å². The smallest absolute Gasteiger partial charge is 0.115 e. The Kier molecular flexibility index (Phi) is 5.23. The van der Waals surface area contributed by atoms with Crippen LogP contribution in [0.15, 0.2) is 36.7 Å². The van der Waals surface area contributed by atoms with Crippen molar-refractivity contribution in [1.29, 1.82) is 0 Å². The SMILES string of the molecule is CC(C)(C)c1ccc(C2(C)CCC(C)(c3cc(C(C)(C)C)ncn3)CC2)cc1. The predicted molar refractivity (Wildman–Crippen MR) is 119 cm³/mol. The number of hydrogen-bond donors (Lipinski definition) is 0. The topological polar surface area (TPSA) is 25.8 Å². The molecule has 0 atom stereocenters. The molecule has 1 aliphatic rings. The zero-order valence-corrected chi connectivity index (χ0v) is 19.2. The van der Waals surface area contributed by atoms with Crippen LogP contribution in [0.1, 0.15) is 104 Å². The fourth-order valence-corrected chi connectivity index (χ4v) is 4.37. The molecule has 0 saturated heterocycles. The first-order valence-electron chi connectivity index (χ1n) is 10.8. The van der Waals surface area contributed by atoms with Gasteiger partial charge in [0.1, 0.15) is 6.33 Å². The van der Waals surface area contributed by atoms with E-state index in [0.717, 1.165) is 5.69 Å². The van der Waals surface area contributed by atoms with Crippen molar-refractivity contribution in [1.82, 2.24) is 9.97 Å². The molecule has 0 amide bonds. The van der Waals surface area contributed by atoms with Crippen molar-refractivity contribution in [2.45, 2.75) is 103 Å². The van der Waals surface area contributed by atoms with Crippen LogP contribution in [-0.2, 0) is 21.7 Å². The molecule has 0 aliphatic heterocycles. The highest BCUT2D eigenvalue weighted by Gasteiger charge is 2.40. The average Bonchev–Trinajstić information content (AvgIpc) is 2.63. The lowest BCUT2D eigenvalue weighted by Gasteiger charge is -2.43. The minimum Gasteiger partial charge on any atom is -0.241 e. The number of hydrogen-bond acceptors (Lipinski definition) is 2. The minimum atomic E-state index is 0.0615. The van der Waals surface area contributed by atoms with Gasteiger partial charge < -0.3 is 0 Å². The highest BCUT2D eigenvalue weighted by molar-refractivity contribution is 5.33. The van der Waals surface area contributed by atoms with Gasteiger partial charge in [-0.25, -0.2) is 9.97 Å². The lowest BCUT2D eigenvalue weighted by atomic mass is 9.61. The van der Waals surface area contributed by atoms with Crippen LogP contribution in [0, 0.1) is 0 Å². The first-order valence-corrected chi connectivity index (χ1v) is 10.8. The first-order chi connectivity index (χ1) is 12.8. The third kappa shape index (κ3) is 4.16. The minimum absolute atomic E-state index is 0.0615. The highest BCUT2D eigenvalue weighted by atomic mass is 14.9. The van der Waals surface area contributed by atoms with Crippen LogP contribution in [0.2, 0.25) is 0 Å². The normalized spacial score (nSPS) is 26.3. The van der Waals surface area contributed by atoms with Crippen molar-refractivity contribution in [3.63, 3.8) is 0 Å². The summed E-state index contributed by atoms with van der Waals surface area (Å²) in [7, 11) is 0. The molecular weight excluding hydrogens is 340 g/mol. The molecule has 2 nitrogen and oxygen atoms in total. The molecule has 0 unspecified atom stereocenters. The average molecular weight is 379 g/mol. The molecule has 2 heteroatoms. The van der Waals surface area contributed by atoms with Crippen molar-refractivity contribution in [3.05, 3.63) is 59.2 Å². The Morgan fingerprint density at radius 2 is 1.25 bits per heavy atom. The molecule has 0 radical (unpaired) electrons. The van der Waals surface area contributed by atoms with Crippen molar-refractivity contribution in [3.8, 4) is 0 Å². The van der Waals surface area contributed by atoms with Crippen molar-refractivity contribution in [2.75, 3.05) is 0 Å². The first kappa shape index (κ1) is 21.0. The summed E-state index contributed by atoms with van der Waals surface area (Å²) in [5.41, 5.74) is 5.94. The van der Waals surface area contributed by atoms with E-state index in [-0.39, 0.29) is 21.7 Å². The van der Waals surface area contributed by atoms with Crippen LogP contribution in [-0.4, -0.2) is 9.97 Å². The number of rotatable bonds is 2. The van der Waals surface area contributed by atoms with Crippen LogP contribution in [0.5, 0.6) is 0 Å². The molecule has 0 spiro atoms. The van der Waals surface area contributed by atoms with Crippen molar-refractivity contribution in [2.24, 2.45) is 0 Å². The standard InChI is InChI=1S/C26H38N2/c1-23(2,3)19-9-11-20(12-10-19)25(7)13-15-26(8,16-14-25)22-17-21(24(4,5)6)27-18-28-22/h9-12,17-18H,13-16H2,1-8H3. The third-order valence-electron chi connectivity index (χ3n) is 6.96. The van der Waals surface area contributed by atoms with Gasteiger partial charge in [-0.05, 0) is 53.7 Å². The fourth-order valence-electron chi connectivity index (χ4n) is 4.37. The molecule has 28 heavy (non-hydrogen) atoms. The van der Waals surface area contributed by atoms with Gasteiger partial charge in [-0.15, -0.1) is 0 Å². The van der Waals surface area contributed by atoms with E-state index in [4.69, 9.17) is 4.98 Å². The van der Waals surface area contributed by atoms with E-state index < -0.39 is 0 Å². The van der Waals surface area contributed by atoms with Crippen LogP contribution in [0.25, 0.3) is 0 Å².